The third kappa shape index (κ3) is 4.95. The molecule has 1 fully saturated rings. The molecular formula is C17H31N5O2. The first-order valence-electron chi connectivity index (χ1n) is 8.73. The Kier molecular flexibility index (Phi) is 6.62. The molecule has 1 aliphatic rings. The second-order valence-electron chi connectivity index (χ2n) is 6.70. The highest BCUT2D eigenvalue weighted by atomic mass is 16.5. The third-order valence-electron chi connectivity index (χ3n) is 4.45. The summed E-state index contributed by atoms with van der Waals surface area (Å²) in [5, 5.41) is 7.56. The number of carbonyl (C=O) groups is 1. The highest BCUT2D eigenvalue weighted by Gasteiger charge is 2.32. The van der Waals surface area contributed by atoms with Crippen LogP contribution in [0, 0.1) is 13.8 Å². The van der Waals surface area contributed by atoms with Crippen LogP contribution < -0.4 is 5.32 Å². The number of likely N-dealkylation sites (tertiary alicyclic amines) is 1. The Morgan fingerprint density at radius 1 is 1.46 bits per heavy atom. The molecule has 7 heteroatoms. The fourth-order valence-corrected chi connectivity index (χ4v) is 3.21. The molecule has 0 unspecified atom stereocenters. The molecule has 2 heterocycles. The summed E-state index contributed by atoms with van der Waals surface area (Å²) in [6.07, 6.45) is 0.956. The van der Waals surface area contributed by atoms with Crippen molar-refractivity contribution in [2.45, 2.75) is 45.9 Å². The van der Waals surface area contributed by atoms with E-state index in [1.165, 1.54) is 0 Å². The maximum atomic E-state index is 12.4. The Balaban J connectivity index is 1.76. The average Bonchev–Trinajstić information content (AvgIpc) is 3.01. The van der Waals surface area contributed by atoms with Gasteiger partial charge in [-0.1, -0.05) is 0 Å². The summed E-state index contributed by atoms with van der Waals surface area (Å²) >= 11 is 0. The van der Waals surface area contributed by atoms with E-state index < -0.39 is 0 Å². The minimum Gasteiger partial charge on any atom is -0.375 e. The van der Waals surface area contributed by atoms with Crippen LogP contribution in [-0.2, 0) is 11.3 Å². The van der Waals surface area contributed by atoms with Gasteiger partial charge in [0, 0.05) is 45.5 Å². The van der Waals surface area contributed by atoms with Gasteiger partial charge in [-0.25, -0.2) is 4.79 Å². The monoisotopic (exact) mass is 337 g/mol. The Hall–Kier alpha value is -1.60. The predicted molar refractivity (Wildman–Crippen MR) is 94.2 cm³/mol. The number of ether oxygens (including phenoxy) is 1. The molecule has 0 radical (unpaired) electrons. The van der Waals surface area contributed by atoms with Gasteiger partial charge in [-0.15, -0.1) is 0 Å². The molecule has 2 amide bonds. The molecule has 7 nitrogen and oxygen atoms in total. The number of urea groups is 1. The van der Waals surface area contributed by atoms with E-state index in [4.69, 9.17) is 4.74 Å². The zero-order valence-corrected chi connectivity index (χ0v) is 15.6. The number of aryl methyl sites for hydroxylation is 3. The van der Waals surface area contributed by atoms with Crippen molar-refractivity contribution in [3.05, 3.63) is 17.5 Å². The van der Waals surface area contributed by atoms with E-state index in [-0.39, 0.29) is 18.2 Å². The molecule has 1 aromatic rings. The van der Waals surface area contributed by atoms with Gasteiger partial charge in [0.25, 0.3) is 0 Å². The van der Waals surface area contributed by atoms with Gasteiger partial charge in [0.05, 0.1) is 17.8 Å². The lowest BCUT2D eigenvalue weighted by molar-refractivity contribution is 0.0552. The Morgan fingerprint density at radius 3 is 2.83 bits per heavy atom. The molecule has 0 bridgehead atoms. The lowest BCUT2D eigenvalue weighted by Crippen LogP contribution is -2.49. The van der Waals surface area contributed by atoms with Crippen LogP contribution in [0.15, 0.2) is 6.07 Å². The molecule has 136 valence electrons. The average molecular weight is 337 g/mol. The molecule has 0 aromatic carbocycles. The van der Waals surface area contributed by atoms with Crippen molar-refractivity contribution in [3.8, 4) is 0 Å². The van der Waals surface area contributed by atoms with Gasteiger partial charge in [0.15, 0.2) is 0 Å². The standard InChI is InChI=1S/C17H31N5O2/c1-6-24-16-12-20(4)11-15(16)18-17(23)21(5)8-7-9-22-14(3)10-13(2)19-22/h10,15-16H,6-9,11-12H2,1-5H3,(H,18,23)/t15-,16-/m0/s1. The summed E-state index contributed by atoms with van der Waals surface area (Å²) in [7, 11) is 3.89. The SMILES string of the molecule is CCO[C@H]1CN(C)C[C@@H]1NC(=O)N(C)CCCn1nc(C)cc1C. The van der Waals surface area contributed by atoms with Gasteiger partial charge in [0.1, 0.15) is 0 Å². The van der Waals surface area contributed by atoms with Crippen molar-refractivity contribution in [2.24, 2.45) is 0 Å². The summed E-state index contributed by atoms with van der Waals surface area (Å²) in [6.45, 7) is 9.93. The van der Waals surface area contributed by atoms with E-state index in [0.29, 0.717) is 13.2 Å². The van der Waals surface area contributed by atoms with E-state index >= 15 is 0 Å². The zero-order chi connectivity index (χ0) is 17.7. The van der Waals surface area contributed by atoms with Crippen LogP contribution in [0.5, 0.6) is 0 Å². The van der Waals surface area contributed by atoms with Gasteiger partial charge in [0.2, 0.25) is 0 Å². The van der Waals surface area contributed by atoms with Crippen molar-refractivity contribution in [1.29, 1.82) is 0 Å². The van der Waals surface area contributed by atoms with Gasteiger partial charge < -0.3 is 19.9 Å². The quantitative estimate of drug-likeness (QED) is 0.813. The van der Waals surface area contributed by atoms with Crippen molar-refractivity contribution in [1.82, 2.24) is 24.9 Å². The number of nitrogens with one attached hydrogen (secondary N) is 1. The minimum atomic E-state index is -0.0339. The van der Waals surface area contributed by atoms with Crippen LogP contribution >= 0.6 is 0 Å². The molecule has 1 aliphatic heterocycles. The maximum Gasteiger partial charge on any atom is 0.317 e. The number of rotatable bonds is 7. The molecule has 1 N–H and O–H groups in total. The number of aromatic nitrogens is 2. The molecule has 2 atom stereocenters. The van der Waals surface area contributed by atoms with Crippen molar-refractivity contribution in [2.75, 3.05) is 40.3 Å². The van der Waals surface area contributed by atoms with E-state index in [1.54, 1.807) is 4.90 Å². The number of hydrogen-bond donors (Lipinski definition) is 1. The van der Waals surface area contributed by atoms with E-state index in [9.17, 15) is 4.79 Å². The number of likely N-dealkylation sites (N-methyl/N-ethyl adjacent to an activating group) is 1. The van der Waals surface area contributed by atoms with Gasteiger partial charge >= 0.3 is 6.03 Å². The van der Waals surface area contributed by atoms with Crippen molar-refractivity contribution in [3.63, 3.8) is 0 Å². The van der Waals surface area contributed by atoms with Crippen LogP contribution in [0.2, 0.25) is 0 Å². The molecule has 1 aromatic heterocycles. The van der Waals surface area contributed by atoms with Crippen LogP contribution in [0.3, 0.4) is 0 Å². The van der Waals surface area contributed by atoms with E-state index in [1.807, 2.05) is 25.6 Å². The summed E-state index contributed by atoms with van der Waals surface area (Å²) in [6, 6.07) is 2.09. The highest BCUT2D eigenvalue weighted by Crippen LogP contribution is 2.12. The third-order valence-corrected chi connectivity index (χ3v) is 4.45. The molecule has 2 rings (SSSR count). The zero-order valence-electron chi connectivity index (χ0n) is 15.6. The number of nitrogens with zero attached hydrogens (tertiary/aromatic N) is 4. The first kappa shape index (κ1) is 18.7. The second-order valence-corrected chi connectivity index (χ2v) is 6.70. The minimum absolute atomic E-state index is 0.0339. The first-order chi connectivity index (χ1) is 11.4. The van der Waals surface area contributed by atoms with Gasteiger partial charge in [-0.2, -0.15) is 5.10 Å². The summed E-state index contributed by atoms with van der Waals surface area (Å²) in [4.78, 5) is 16.3. The number of carbonyl (C=O) groups excluding carboxylic acids is 1. The topological polar surface area (TPSA) is 62.6 Å². The van der Waals surface area contributed by atoms with Crippen molar-refractivity contribution < 1.29 is 9.53 Å². The van der Waals surface area contributed by atoms with Gasteiger partial charge in [-0.05, 0) is 40.3 Å². The fraction of sp³-hybridized carbons (Fsp3) is 0.765. The van der Waals surface area contributed by atoms with Crippen LogP contribution in [0.4, 0.5) is 4.79 Å². The van der Waals surface area contributed by atoms with E-state index in [0.717, 1.165) is 37.4 Å². The van der Waals surface area contributed by atoms with Crippen LogP contribution in [-0.4, -0.2) is 78.1 Å². The number of hydrogen-bond acceptors (Lipinski definition) is 4. The van der Waals surface area contributed by atoms with Gasteiger partial charge in [-0.3, -0.25) is 4.68 Å². The molecule has 0 aliphatic carbocycles. The predicted octanol–water partition coefficient (Wildman–Crippen LogP) is 1.25. The smallest absolute Gasteiger partial charge is 0.317 e. The largest absolute Gasteiger partial charge is 0.375 e. The lowest BCUT2D eigenvalue weighted by atomic mass is 10.2. The van der Waals surface area contributed by atoms with E-state index in [2.05, 4.69) is 35.4 Å². The molecule has 0 saturated carbocycles. The number of amides is 2. The molecule has 24 heavy (non-hydrogen) atoms. The van der Waals surface area contributed by atoms with Crippen molar-refractivity contribution >= 4 is 6.03 Å². The Labute approximate surface area is 144 Å². The highest BCUT2D eigenvalue weighted by molar-refractivity contribution is 5.74. The fourth-order valence-electron chi connectivity index (χ4n) is 3.21. The summed E-state index contributed by atoms with van der Waals surface area (Å²) in [5.74, 6) is 0. The molecule has 0 spiro atoms. The summed E-state index contributed by atoms with van der Waals surface area (Å²) < 4.78 is 7.73. The second kappa shape index (κ2) is 8.48. The molecular weight excluding hydrogens is 306 g/mol. The lowest BCUT2D eigenvalue weighted by Gasteiger charge is -2.24. The van der Waals surface area contributed by atoms with Crippen LogP contribution in [0.1, 0.15) is 24.7 Å². The summed E-state index contributed by atoms with van der Waals surface area (Å²) in [5.41, 5.74) is 2.19. The maximum absolute atomic E-state index is 12.4. The first-order valence-corrected chi connectivity index (χ1v) is 8.73. The Bertz CT molecular complexity index is 545. The Morgan fingerprint density at radius 2 is 2.21 bits per heavy atom. The normalized spacial score (nSPS) is 21.2. The van der Waals surface area contributed by atoms with Crippen LogP contribution in [0.25, 0.3) is 0 Å². The molecule has 1 saturated heterocycles.